The molecule has 1 atom stereocenters. The third-order valence-corrected chi connectivity index (χ3v) is 3.79. The first-order chi connectivity index (χ1) is 13.3. The number of nitro benzene ring substituents is 1. The molecular formula is C19H20FN3O5. The number of benzene rings is 2. The molecule has 8 nitrogen and oxygen atoms in total. The zero-order valence-electron chi connectivity index (χ0n) is 15.3. The molecule has 0 radical (unpaired) electrons. The highest BCUT2D eigenvalue weighted by Crippen LogP contribution is 2.22. The molecule has 9 heteroatoms. The molecule has 0 aliphatic rings. The van der Waals surface area contributed by atoms with Crippen molar-refractivity contribution >= 4 is 23.2 Å². The van der Waals surface area contributed by atoms with E-state index in [1.165, 1.54) is 6.07 Å². The maximum atomic E-state index is 13.4. The minimum atomic E-state index is -1.00. The van der Waals surface area contributed by atoms with Crippen LogP contribution in [0.2, 0.25) is 0 Å². The number of amides is 2. The van der Waals surface area contributed by atoms with E-state index in [4.69, 9.17) is 4.74 Å². The lowest BCUT2D eigenvalue weighted by molar-refractivity contribution is -0.387. The second kappa shape index (κ2) is 9.45. The summed E-state index contributed by atoms with van der Waals surface area (Å²) in [5.74, 6) is -1.83. The fourth-order valence-corrected chi connectivity index (χ4v) is 2.37. The van der Waals surface area contributed by atoms with Gasteiger partial charge in [-0.1, -0.05) is 32.0 Å². The molecule has 2 aromatic carbocycles. The van der Waals surface area contributed by atoms with Crippen LogP contribution in [0.1, 0.15) is 13.8 Å². The number of halogens is 1. The van der Waals surface area contributed by atoms with Crippen LogP contribution in [0.25, 0.3) is 0 Å². The lowest BCUT2D eigenvalue weighted by Gasteiger charge is -2.21. The Balaban J connectivity index is 2.00. The van der Waals surface area contributed by atoms with Crippen molar-refractivity contribution in [2.75, 3.05) is 11.9 Å². The van der Waals surface area contributed by atoms with Crippen LogP contribution in [0.3, 0.4) is 0 Å². The van der Waals surface area contributed by atoms with Crippen molar-refractivity contribution in [1.82, 2.24) is 5.32 Å². The molecule has 0 heterocycles. The van der Waals surface area contributed by atoms with E-state index in [9.17, 15) is 24.1 Å². The molecule has 2 rings (SSSR count). The highest BCUT2D eigenvalue weighted by molar-refractivity contribution is 5.97. The van der Waals surface area contributed by atoms with Crippen molar-refractivity contribution in [3.8, 4) is 5.75 Å². The topological polar surface area (TPSA) is 111 Å². The van der Waals surface area contributed by atoms with Crippen molar-refractivity contribution in [3.63, 3.8) is 0 Å². The summed E-state index contributed by atoms with van der Waals surface area (Å²) in [6.07, 6.45) is 0. The summed E-state index contributed by atoms with van der Waals surface area (Å²) in [5, 5.41) is 15.8. The van der Waals surface area contributed by atoms with Crippen LogP contribution in [0.4, 0.5) is 15.8 Å². The second-order valence-corrected chi connectivity index (χ2v) is 6.30. The van der Waals surface area contributed by atoms with Crippen LogP contribution in [-0.2, 0) is 9.59 Å². The Morgan fingerprint density at radius 3 is 2.46 bits per heavy atom. The first-order valence-electron chi connectivity index (χ1n) is 8.50. The maximum absolute atomic E-state index is 13.4. The van der Waals surface area contributed by atoms with E-state index >= 15 is 0 Å². The number of ether oxygens (including phenoxy) is 1. The summed E-state index contributed by atoms with van der Waals surface area (Å²) < 4.78 is 18.8. The van der Waals surface area contributed by atoms with Gasteiger partial charge in [0.1, 0.15) is 11.8 Å². The molecule has 148 valence electrons. The Morgan fingerprint density at radius 2 is 1.86 bits per heavy atom. The summed E-state index contributed by atoms with van der Waals surface area (Å²) in [5.41, 5.74) is -0.697. The van der Waals surface area contributed by atoms with Gasteiger partial charge in [0.15, 0.2) is 6.61 Å². The summed E-state index contributed by atoms with van der Waals surface area (Å²) in [6.45, 7) is 3.19. The normalized spacial score (nSPS) is 11.6. The number of carbonyl (C=O) groups is 2. The van der Waals surface area contributed by atoms with Gasteiger partial charge in [-0.3, -0.25) is 19.7 Å². The lowest BCUT2D eigenvalue weighted by atomic mass is 10.0. The Morgan fingerprint density at radius 1 is 1.18 bits per heavy atom. The van der Waals surface area contributed by atoms with E-state index in [1.807, 2.05) is 6.07 Å². The van der Waals surface area contributed by atoms with Crippen molar-refractivity contribution in [2.45, 2.75) is 19.9 Å². The molecule has 0 aromatic heterocycles. The zero-order valence-corrected chi connectivity index (χ0v) is 15.3. The van der Waals surface area contributed by atoms with E-state index < -0.39 is 34.3 Å². The van der Waals surface area contributed by atoms with Crippen molar-refractivity contribution in [3.05, 3.63) is 64.5 Å². The van der Waals surface area contributed by atoms with Gasteiger partial charge in [-0.2, -0.15) is 4.39 Å². The molecule has 0 bridgehead atoms. The fraction of sp³-hybridized carbons (Fsp3) is 0.263. The summed E-state index contributed by atoms with van der Waals surface area (Å²) in [7, 11) is 0. The van der Waals surface area contributed by atoms with Crippen LogP contribution < -0.4 is 15.4 Å². The van der Waals surface area contributed by atoms with E-state index in [-0.39, 0.29) is 18.2 Å². The van der Waals surface area contributed by atoms with Crippen LogP contribution >= 0.6 is 0 Å². The molecule has 28 heavy (non-hydrogen) atoms. The minimum absolute atomic E-state index is 0.0542. The van der Waals surface area contributed by atoms with Crippen molar-refractivity contribution in [2.24, 2.45) is 5.92 Å². The lowest BCUT2D eigenvalue weighted by Crippen LogP contribution is -2.48. The number of anilines is 1. The molecule has 2 N–H and O–H groups in total. The van der Waals surface area contributed by atoms with Crippen LogP contribution in [0, 0.1) is 21.8 Å². The molecule has 0 aliphatic heterocycles. The quantitative estimate of drug-likeness (QED) is 0.533. The van der Waals surface area contributed by atoms with E-state index in [1.54, 1.807) is 38.1 Å². The number of nitro groups is 1. The van der Waals surface area contributed by atoms with Gasteiger partial charge >= 0.3 is 5.69 Å². The highest BCUT2D eigenvalue weighted by Gasteiger charge is 2.25. The van der Waals surface area contributed by atoms with Crippen LogP contribution in [-0.4, -0.2) is 29.4 Å². The Hall–Kier alpha value is -3.49. The van der Waals surface area contributed by atoms with Gasteiger partial charge in [0.2, 0.25) is 11.7 Å². The molecular weight excluding hydrogens is 369 g/mol. The van der Waals surface area contributed by atoms with Crippen molar-refractivity contribution in [1.29, 1.82) is 0 Å². The van der Waals surface area contributed by atoms with E-state index in [2.05, 4.69) is 10.6 Å². The van der Waals surface area contributed by atoms with Crippen LogP contribution in [0.5, 0.6) is 5.75 Å². The number of nitrogens with zero attached hydrogens (tertiary/aromatic N) is 1. The number of hydrogen-bond acceptors (Lipinski definition) is 5. The summed E-state index contributed by atoms with van der Waals surface area (Å²) in [6, 6.07) is 10.8. The average molecular weight is 389 g/mol. The standard InChI is InChI=1S/C19H20FN3O5/c1-12(2)18(22-17(24)11-28-14-6-4-3-5-7-14)19(25)21-13-8-9-15(20)16(10-13)23(26)27/h3-10,12,18H,11H2,1-2H3,(H,21,25)(H,22,24)/t18-/m0/s1. The van der Waals surface area contributed by atoms with Gasteiger partial charge in [0.25, 0.3) is 5.91 Å². The first kappa shape index (κ1) is 20.8. The highest BCUT2D eigenvalue weighted by atomic mass is 19.1. The predicted molar refractivity (Wildman–Crippen MR) is 100 cm³/mol. The van der Waals surface area contributed by atoms with Gasteiger partial charge in [0, 0.05) is 11.8 Å². The fourth-order valence-electron chi connectivity index (χ4n) is 2.37. The third kappa shape index (κ3) is 5.76. The molecule has 0 saturated heterocycles. The van der Waals surface area contributed by atoms with Crippen LogP contribution in [0.15, 0.2) is 48.5 Å². The number of para-hydroxylation sites is 1. The molecule has 2 amide bonds. The van der Waals surface area contributed by atoms with E-state index in [0.29, 0.717) is 5.75 Å². The number of rotatable bonds is 8. The van der Waals surface area contributed by atoms with Crippen molar-refractivity contribution < 1.29 is 23.6 Å². The maximum Gasteiger partial charge on any atom is 0.306 e. The third-order valence-electron chi connectivity index (χ3n) is 3.79. The van der Waals surface area contributed by atoms with Gasteiger partial charge < -0.3 is 15.4 Å². The second-order valence-electron chi connectivity index (χ2n) is 6.30. The summed E-state index contributed by atoms with van der Waals surface area (Å²) >= 11 is 0. The van der Waals surface area contributed by atoms with E-state index in [0.717, 1.165) is 12.1 Å². The molecule has 2 aromatic rings. The first-order valence-corrected chi connectivity index (χ1v) is 8.50. The number of hydrogen-bond donors (Lipinski definition) is 2. The number of nitrogens with one attached hydrogen (secondary N) is 2. The monoisotopic (exact) mass is 389 g/mol. The molecule has 0 spiro atoms. The average Bonchev–Trinajstić information content (AvgIpc) is 2.66. The van der Waals surface area contributed by atoms with Gasteiger partial charge in [-0.05, 0) is 30.2 Å². The predicted octanol–water partition coefficient (Wildman–Crippen LogP) is 2.89. The van der Waals surface area contributed by atoms with Gasteiger partial charge in [-0.15, -0.1) is 0 Å². The van der Waals surface area contributed by atoms with Gasteiger partial charge in [-0.25, -0.2) is 0 Å². The molecule has 0 saturated carbocycles. The Bertz CT molecular complexity index is 858. The molecule has 0 unspecified atom stereocenters. The molecule has 0 aliphatic carbocycles. The minimum Gasteiger partial charge on any atom is -0.484 e. The smallest absolute Gasteiger partial charge is 0.306 e. The number of carbonyl (C=O) groups excluding carboxylic acids is 2. The summed E-state index contributed by atoms with van der Waals surface area (Å²) in [4.78, 5) is 34.6. The SMILES string of the molecule is CC(C)[C@H](NC(=O)COc1ccccc1)C(=O)Nc1ccc(F)c([N+](=O)[O-])c1. The molecule has 0 fully saturated rings. The Labute approximate surface area is 160 Å². The Kier molecular flexibility index (Phi) is 7.02. The largest absolute Gasteiger partial charge is 0.484 e. The van der Waals surface area contributed by atoms with Gasteiger partial charge in [0.05, 0.1) is 4.92 Å². The zero-order chi connectivity index (χ0) is 20.7.